The minimum atomic E-state index is -3.67. The second-order valence-electron chi connectivity index (χ2n) is 5.88. The smallest absolute Gasteiger partial charge is 0.308 e. The summed E-state index contributed by atoms with van der Waals surface area (Å²) in [7, 11) is -3.67. The van der Waals surface area contributed by atoms with E-state index in [4.69, 9.17) is 9.84 Å². The van der Waals surface area contributed by atoms with Crippen LogP contribution in [0.25, 0.3) is 0 Å². The molecule has 122 valence electrons. The van der Waals surface area contributed by atoms with Gasteiger partial charge in [0, 0.05) is 13.1 Å². The van der Waals surface area contributed by atoms with E-state index in [0.29, 0.717) is 5.75 Å². The molecule has 6 nitrogen and oxygen atoms in total. The van der Waals surface area contributed by atoms with E-state index in [9.17, 15) is 13.2 Å². The third-order valence-corrected chi connectivity index (χ3v) is 5.58. The first kappa shape index (κ1) is 16.8. The van der Waals surface area contributed by atoms with Crippen LogP contribution in [-0.4, -0.2) is 43.0 Å². The van der Waals surface area contributed by atoms with Gasteiger partial charge in [-0.25, -0.2) is 8.42 Å². The van der Waals surface area contributed by atoms with Crippen LogP contribution in [0, 0.1) is 11.8 Å². The molecule has 0 unspecified atom stereocenters. The Balaban J connectivity index is 2.19. The predicted octanol–water partition coefficient (Wildman–Crippen LogP) is 1.81. The van der Waals surface area contributed by atoms with Gasteiger partial charge in [0.1, 0.15) is 5.75 Å². The molecule has 1 aromatic carbocycles. The van der Waals surface area contributed by atoms with Crippen molar-refractivity contribution in [3.8, 4) is 5.75 Å². The van der Waals surface area contributed by atoms with Crippen LogP contribution >= 0.6 is 0 Å². The van der Waals surface area contributed by atoms with E-state index in [1.807, 2.05) is 13.8 Å². The summed E-state index contributed by atoms with van der Waals surface area (Å²) >= 11 is 0. The van der Waals surface area contributed by atoms with Crippen molar-refractivity contribution in [2.45, 2.75) is 31.8 Å². The van der Waals surface area contributed by atoms with Crippen LogP contribution in [0.4, 0.5) is 0 Å². The van der Waals surface area contributed by atoms with Gasteiger partial charge in [0.25, 0.3) is 0 Å². The van der Waals surface area contributed by atoms with Crippen molar-refractivity contribution in [2.24, 2.45) is 11.8 Å². The SMILES string of the molecule is CC(C)Oc1ccc(S(=O)(=O)N2C[C@@H](C)[C@H](C(=O)O)C2)cc1. The Morgan fingerprint density at radius 1 is 1.27 bits per heavy atom. The Morgan fingerprint density at radius 2 is 1.86 bits per heavy atom. The molecule has 22 heavy (non-hydrogen) atoms. The van der Waals surface area contributed by atoms with Gasteiger partial charge in [-0.05, 0) is 44.0 Å². The van der Waals surface area contributed by atoms with Crippen LogP contribution in [-0.2, 0) is 14.8 Å². The maximum atomic E-state index is 12.6. The van der Waals surface area contributed by atoms with Gasteiger partial charge in [0.05, 0.1) is 16.9 Å². The second-order valence-corrected chi connectivity index (χ2v) is 7.82. The van der Waals surface area contributed by atoms with Crippen LogP contribution in [0.3, 0.4) is 0 Å². The molecule has 0 aromatic heterocycles. The molecule has 2 atom stereocenters. The molecule has 1 N–H and O–H groups in total. The third-order valence-electron chi connectivity index (χ3n) is 3.73. The lowest BCUT2D eigenvalue weighted by molar-refractivity contribution is -0.142. The van der Waals surface area contributed by atoms with Gasteiger partial charge in [-0.1, -0.05) is 6.92 Å². The summed E-state index contributed by atoms with van der Waals surface area (Å²) in [5.74, 6) is -1.20. The van der Waals surface area contributed by atoms with E-state index >= 15 is 0 Å². The van der Waals surface area contributed by atoms with E-state index in [0.717, 1.165) is 0 Å². The Morgan fingerprint density at radius 3 is 2.32 bits per heavy atom. The highest BCUT2D eigenvalue weighted by Crippen LogP contribution is 2.29. The van der Waals surface area contributed by atoms with Crippen molar-refractivity contribution in [2.75, 3.05) is 13.1 Å². The average Bonchev–Trinajstić information content (AvgIpc) is 2.81. The number of ether oxygens (including phenoxy) is 1. The fraction of sp³-hybridized carbons (Fsp3) is 0.533. The van der Waals surface area contributed by atoms with Gasteiger partial charge < -0.3 is 9.84 Å². The molecule has 2 rings (SSSR count). The number of aliphatic carboxylic acids is 1. The molecule has 1 saturated heterocycles. The largest absolute Gasteiger partial charge is 0.491 e. The van der Waals surface area contributed by atoms with Crippen molar-refractivity contribution in [1.29, 1.82) is 0 Å². The zero-order chi connectivity index (χ0) is 16.5. The van der Waals surface area contributed by atoms with Gasteiger partial charge in [0.15, 0.2) is 0 Å². The van der Waals surface area contributed by atoms with Crippen molar-refractivity contribution >= 4 is 16.0 Å². The molecule has 0 spiro atoms. The summed E-state index contributed by atoms with van der Waals surface area (Å²) in [6.45, 7) is 5.78. The molecule has 1 aliphatic heterocycles. The molecule has 1 fully saturated rings. The number of sulfonamides is 1. The molecule has 1 aliphatic rings. The molecular weight excluding hydrogens is 306 g/mol. The van der Waals surface area contributed by atoms with Crippen molar-refractivity contribution in [1.82, 2.24) is 4.31 Å². The summed E-state index contributed by atoms with van der Waals surface area (Å²) in [5, 5.41) is 9.12. The highest BCUT2D eigenvalue weighted by Gasteiger charge is 2.40. The molecule has 0 bridgehead atoms. The van der Waals surface area contributed by atoms with Gasteiger partial charge in [0.2, 0.25) is 10.0 Å². The topological polar surface area (TPSA) is 83.9 Å². The number of hydrogen-bond acceptors (Lipinski definition) is 4. The molecule has 1 heterocycles. The van der Waals surface area contributed by atoms with Crippen LogP contribution < -0.4 is 4.74 Å². The third kappa shape index (κ3) is 3.41. The number of carbonyl (C=O) groups is 1. The highest BCUT2D eigenvalue weighted by molar-refractivity contribution is 7.89. The standard InChI is InChI=1S/C15H21NO5S/c1-10(2)21-12-4-6-13(7-5-12)22(19,20)16-8-11(3)14(9-16)15(17)18/h4-7,10-11,14H,8-9H2,1-3H3,(H,17,18)/t11-,14-/m1/s1. The Labute approximate surface area is 130 Å². The number of nitrogens with zero attached hydrogens (tertiary/aromatic N) is 1. The van der Waals surface area contributed by atoms with Crippen molar-refractivity contribution < 1.29 is 23.1 Å². The first-order chi connectivity index (χ1) is 10.2. The van der Waals surface area contributed by atoms with Crippen LogP contribution in [0.1, 0.15) is 20.8 Å². The van der Waals surface area contributed by atoms with E-state index < -0.39 is 21.9 Å². The van der Waals surface area contributed by atoms with Crippen LogP contribution in [0.15, 0.2) is 29.2 Å². The number of carboxylic acids is 1. The molecule has 0 amide bonds. The molecule has 0 aliphatic carbocycles. The van der Waals surface area contributed by atoms with Gasteiger partial charge in [-0.2, -0.15) is 4.31 Å². The Hall–Kier alpha value is -1.60. The Kier molecular flexibility index (Phi) is 4.77. The summed E-state index contributed by atoms with van der Waals surface area (Å²) in [5.41, 5.74) is 0. The zero-order valence-electron chi connectivity index (χ0n) is 12.9. The highest BCUT2D eigenvalue weighted by atomic mass is 32.2. The maximum absolute atomic E-state index is 12.6. The number of carboxylic acid groups (broad SMARTS) is 1. The number of rotatable bonds is 5. The van der Waals surface area contributed by atoms with Crippen LogP contribution in [0.2, 0.25) is 0 Å². The quantitative estimate of drug-likeness (QED) is 0.892. The first-order valence-electron chi connectivity index (χ1n) is 7.21. The lowest BCUT2D eigenvalue weighted by Gasteiger charge is -2.16. The van der Waals surface area contributed by atoms with Crippen LogP contribution in [0.5, 0.6) is 5.75 Å². The molecule has 0 radical (unpaired) electrons. The molecule has 0 saturated carbocycles. The zero-order valence-corrected chi connectivity index (χ0v) is 13.7. The van der Waals surface area contributed by atoms with Gasteiger partial charge in [-0.15, -0.1) is 0 Å². The fourth-order valence-corrected chi connectivity index (χ4v) is 4.12. The minimum Gasteiger partial charge on any atom is -0.491 e. The monoisotopic (exact) mass is 327 g/mol. The normalized spacial score (nSPS) is 22.9. The molecular formula is C15H21NO5S. The fourth-order valence-electron chi connectivity index (χ4n) is 2.55. The molecule has 1 aromatic rings. The van der Waals surface area contributed by atoms with E-state index in [1.165, 1.54) is 16.4 Å². The maximum Gasteiger partial charge on any atom is 0.308 e. The lowest BCUT2D eigenvalue weighted by Crippen LogP contribution is -2.30. The predicted molar refractivity (Wildman–Crippen MR) is 81.3 cm³/mol. The van der Waals surface area contributed by atoms with Gasteiger partial charge >= 0.3 is 5.97 Å². The Bertz CT molecular complexity index is 638. The van der Waals surface area contributed by atoms with E-state index in [2.05, 4.69) is 0 Å². The lowest BCUT2D eigenvalue weighted by atomic mass is 9.99. The molecule has 7 heteroatoms. The van der Waals surface area contributed by atoms with Crippen molar-refractivity contribution in [3.05, 3.63) is 24.3 Å². The van der Waals surface area contributed by atoms with E-state index in [-0.39, 0.29) is 30.0 Å². The number of hydrogen-bond donors (Lipinski definition) is 1. The summed E-state index contributed by atoms with van der Waals surface area (Å²) in [6, 6.07) is 6.21. The average molecular weight is 327 g/mol. The minimum absolute atomic E-state index is 0.0122. The summed E-state index contributed by atoms with van der Waals surface area (Å²) in [6.07, 6.45) is 0.0122. The summed E-state index contributed by atoms with van der Waals surface area (Å²) in [4.78, 5) is 11.3. The van der Waals surface area contributed by atoms with Crippen molar-refractivity contribution in [3.63, 3.8) is 0 Å². The first-order valence-corrected chi connectivity index (χ1v) is 8.65. The summed E-state index contributed by atoms with van der Waals surface area (Å²) < 4.78 is 31.9. The number of benzene rings is 1. The van der Waals surface area contributed by atoms with E-state index in [1.54, 1.807) is 19.1 Å². The van der Waals surface area contributed by atoms with Gasteiger partial charge in [-0.3, -0.25) is 4.79 Å². The second kappa shape index (κ2) is 6.26.